The van der Waals surface area contributed by atoms with Gasteiger partial charge in [-0.15, -0.1) is 0 Å². The third-order valence-corrected chi connectivity index (χ3v) is 11.0. The van der Waals surface area contributed by atoms with Crippen molar-refractivity contribution in [2.75, 3.05) is 0 Å². The number of hydrogen-bond donors (Lipinski definition) is 0. The highest BCUT2D eigenvalue weighted by molar-refractivity contribution is 6.62. The molecule has 0 atom stereocenters. The Morgan fingerprint density at radius 3 is 1.18 bits per heavy atom. The fourth-order valence-corrected chi connectivity index (χ4v) is 7.19. The van der Waals surface area contributed by atoms with Crippen LogP contribution in [0.4, 0.5) is 0 Å². The van der Waals surface area contributed by atoms with E-state index in [0.717, 1.165) is 33.6 Å². The van der Waals surface area contributed by atoms with E-state index < -0.39 is 42.1 Å². The number of rotatable bonds is 2. The Balaban J connectivity index is 1.39. The Bertz CT molecular complexity index is 1680. The summed E-state index contributed by atoms with van der Waals surface area (Å²) in [5, 5.41) is 0. The minimum absolute atomic E-state index is 0.438. The highest BCUT2D eigenvalue weighted by atomic mass is 16.7. The lowest BCUT2D eigenvalue weighted by molar-refractivity contribution is 0.00578. The predicted octanol–water partition coefficient (Wildman–Crippen LogP) is 6.75. The van der Waals surface area contributed by atoms with Crippen LogP contribution >= 0.6 is 0 Å². The van der Waals surface area contributed by atoms with Crippen LogP contribution in [-0.2, 0) is 24.0 Å². The van der Waals surface area contributed by atoms with Crippen LogP contribution < -0.4 is 15.7 Å². The van der Waals surface area contributed by atoms with Gasteiger partial charge in [-0.05, 0) is 101 Å². The first-order chi connectivity index (χ1) is 20.8. The van der Waals surface area contributed by atoms with E-state index in [2.05, 4.69) is 128 Å². The number of ether oxygens (including phenoxy) is 1. The third-order valence-electron chi connectivity index (χ3n) is 11.0. The number of hydrogen-bond acceptors (Lipinski definition) is 5. The molecule has 0 bridgehead atoms. The van der Waals surface area contributed by atoms with E-state index in [1.54, 1.807) is 0 Å². The summed E-state index contributed by atoms with van der Waals surface area (Å²) in [6.07, 6.45) is 0. The normalized spacial score (nSPS) is 22.3. The largest absolute Gasteiger partial charge is 0.494 e. The quantitative estimate of drug-likeness (QED) is 0.211. The molecule has 4 aromatic rings. The van der Waals surface area contributed by atoms with Gasteiger partial charge in [0.1, 0.15) is 11.5 Å². The molecule has 3 heterocycles. The van der Waals surface area contributed by atoms with Gasteiger partial charge in [0, 0.05) is 11.1 Å². The Morgan fingerprint density at radius 1 is 0.432 bits per heavy atom. The van der Waals surface area contributed by atoms with Crippen LogP contribution in [-0.4, -0.2) is 36.6 Å². The monoisotopic (exact) mass is 584 g/mol. The van der Waals surface area contributed by atoms with E-state index in [1.807, 2.05) is 12.1 Å². The molecule has 7 heteroatoms. The summed E-state index contributed by atoms with van der Waals surface area (Å²) in [6, 6.07) is 30.2. The molecule has 4 aliphatic rings. The smallest absolute Gasteiger partial charge is 0.457 e. The summed E-state index contributed by atoms with van der Waals surface area (Å²) in [5.41, 5.74) is 6.59. The molecule has 3 aliphatic heterocycles. The van der Waals surface area contributed by atoms with Gasteiger partial charge in [-0.25, -0.2) is 0 Å². The first kappa shape index (κ1) is 28.1. The van der Waals surface area contributed by atoms with Crippen molar-refractivity contribution in [2.45, 2.75) is 83.2 Å². The fourth-order valence-electron chi connectivity index (χ4n) is 7.19. The zero-order valence-corrected chi connectivity index (χ0v) is 26.8. The summed E-state index contributed by atoms with van der Waals surface area (Å²) in [7, 11) is -0.951. The molecule has 0 aromatic heterocycles. The van der Waals surface area contributed by atoms with Gasteiger partial charge in [0.2, 0.25) is 0 Å². The summed E-state index contributed by atoms with van der Waals surface area (Å²) >= 11 is 0. The molecule has 5 nitrogen and oxygen atoms in total. The molecule has 1 spiro atoms. The van der Waals surface area contributed by atoms with Crippen molar-refractivity contribution in [3.8, 4) is 22.6 Å². The van der Waals surface area contributed by atoms with Gasteiger partial charge in [0.25, 0.3) is 0 Å². The molecule has 0 unspecified atom stereocenters. The molecular formula is C37H38B2O5. The highest BCUT2D eigenvalue weighted by Gasteiger charge is 2.56. The highest BCUT2D eigenvalue weighted by Crippen LogP contribution is 2.61. The van der Waals surface area contributed by atoms with Gasteiger partial charge in [0.05, 0.1) is 27.8 Å². The van der Waals surface area contributed by atoms with Gasteiger partial charge in [-0.3, -0.25) is 0 Å². The molecular weight excluding hydrogens is 546 g/mol. The fraction of sp³-hybridized carbons (Fsp3) is 0.351. The molecule has 8 rings (SSSR count). The van der Waals surface area contributed by atoms with Crippen molar-refractivity contribution in [1.82, 2.24) is 0 Å². The van der Waals surface area contributed by atoms with Crippen molar-refractivity contribution in [3.63, 3.8) is 0 Å². The van der Waals surface area contributed by atoms with E-state index in [9.17, 15) is 0 Å². The maximum absolute atomic E-state index is 6.56. The number of fused-ring (bicyclic) bond motifs is 9. The standard InChI is InChI=1S/C37H38B2O5/c1-33(2)34(3,4)42-38(41-33)23-17-19-25-26-20-18-24(39-43-35(5,6)36(7,8)44-39)22-30(26)37(29(25)21-23)27-13-9-11-15-31(27)40-32-16-12-10-14-28(32)37/h9-22H,1-8H3. The number of benzene rings is 4. The first-order valence-electron chi connectivity index (χ1n) is 15.6. The minimum atomic E-state index is -0.630. The maximum atomic E-state index is 6.56. The predicted molar refractivity (Wildman–Crippen MR) is 175 cm³/mol. The SMILES string of the molecule is CC1(C)OB(c2ccc3c(c2)C2(c4ccccc4Oc4ccccc42)c2cc(B4OC(C)(C)C(C)(C)O4)ccc2-3)OC1(C)C. The van der Waals surface area contributed by atoms with Crippen LogP contribution in [0.3, 0.4) is 0 Å². The average Bonchev–Trinajstić information content (AvgIpc) is 3.48. The van der Waals surface area contributed by atoms with Crippen LogP contribution in [0.25, 0.3) is 11.1 Å². The Morgan fingerprint density at radius 2 is 0.795 bits per heavy atom. The van der Waals surface area contributed by atoms with Gasteiger partial charge in [0.15, 0.2) is 0 Å². The molecule has 2 fully saturated rings. The van der Waals surface area contributed by atoms with E-state index in [-0.39, 0.29) is 0 Å². The molecule has 0 N–H and O–H groups in total. The van der Waals surface area contributed by atoms with Crippen molar-refractivity contribution in [2.24, 2.45) is 0 Å². The summed E-state index contributed by atoms with van der Waals surface area (Å²) in [4.78, 5) is 0. The molecule has 44 heavy (non-hydrogen) atoms. The molecule has 1 aliphatic carbocycles. The van der Waals surface area contributed by atoms with E-state index in [1.165, 1.54) is 22.3 Å². The van der Waals surface area contributed by atoms with E-state index >= 15 is 0 Å². The lowest BCUT2D eigenvalue weighted by Crippen LogP contribution is -2.41. The molecule has 222 valence electrons. The zero-order chi connectivity index (χ0) is 30.9. The van der Waals surface area contributed by atoms with Crippen molar-refractivity contribution in [1.29, 1.82) is 0 Å². The van der Waals surface area contributed by atoms with Crippen molar-refractivity contribution in [3.05, 3.63) is 107 Å². The first-order valence-corrected chi connectivity index (χ1v) is 15.6. The van der Waals surface area contributed by atoms with Crippen LogP contribution in [0.5, 0.6) is 11.5 Å². The lowest BCUT2D eigenvalue weighted by Gasteiger charge is -2.39. The van der Waals surface area contributed by atoms with Crippen LogP contribution in [0.15, 0.2) is 84.9 Å². The number of para-hydroxylation sites is 2. The van der Waals surface area contributed by atoms with Crippen LogP contribution in [0, 0.1) is 0 Å². The Hall–Kier alpha value is -3.35. The van der Waals surface area contributed by atoms with Crippen LogP contribution in [0.2, 0.25) is 0 Å². The maximum Gasteiger partial charge on any atom is 0.494 e. The molecule has 0 saturated carbocycles. The Labute approximate surface area is 261 Å². The van der Waals surface area contributed by atoms with Crippen LogP contribution in [0.1, 0.15) is 77.6 Å². The minimum Gasteiger partial charge on any atom is -0.457 e. The second kappa shape index (κ2) is 8.88. The molecule has 0 radical (unpaired) electrons. The van der Waals surface area contributed by atoms with E-state index in [4.69, 9.17) is 23.4 Å². The van der Waals surface area contributed by atoms with Gasteiger partial charge < -0.3 is 23.4 Å². The van der Waals surface area contributed by atoms with E-state index in [0.29, 0.717) is 0 Å². The van der Waals surface area contributed by atoms with Crippen molar-refractivity contribution >= 4 is 25.2 Å². The topological polar surface area (TPSA) is 46.2 Å². The average molecular weight is 584 g/mol. The molecule has 0 amide bonds. The van der Waals surface area contributed by atoms with Crippen molar-refractivity contribution < 1.29 is 23.4 Å². The van der Waals surface area contributed by atoms with Gasteiger partial charge >= 0.3 is 14.2 Å². The molecule has 4 aromatic carbocycles. The second-order valence-corrected chi connectivity index (χ2v) is 14.6. The summed E-state index contributed by atoms with van der Waals surface area (Å²) in [5.74, 6) is 1.71. The zero-order valence-electron chi connectivity index (χ0n) is 26.8. The summed E-state index contributed by atoms with van der Waals surface area (Å²) in [6.45, 7) is 16.8. The Kier molecular flexibility index (Phi) is 5.68. The lowest BCUT2D eigenvalue weighted by atomic mass is 9.64. The van der Waals surface area contributed by atoms with Gasteiger partial charge in [-0.1, -0.05) is 72.8 Å². The molecule has 2 saturated heterocycles. The summed E-state index contributed by atoms with van der Waals surface area (Å²) < 4.78 is 32.8. The van der Waals surface area contributed by atoms with Gasteiger partial charge in [-0.2, -0.15) is 0 Å². The third kappa shape index (κ3) is 3.64. The second-order valence-electron chi connectivity index (χ2n) is 14.6.